The van der Waals surface area contributed by atoms with Crippen molar-refractivity contribution in [3.05, 3.63) is 0 Å². The maximum absolute atomic E-state index is 12.4. The summed E-state index contributed by atoms with van der Waals surface area (Å²) in [6.07, 6.45) is 5.21. The summed E-state index contributed by atoms with van der Waals surface area (Å²) < 4.78 is 0. The molecule has 0 bridgehead atoms. The molecular formula is C17H31N3O3. The lowest BCUT2D eigenvalue weighted by atomic mass is 9.99. The molecular weight excluding hydrogens is 294 g/mol. The first-order chi connectivity index (χ1) is 11.0. The molecule has 0 saturated carbocycles. The van der Waals surface area contributed by atoms with E-state index in [0.29, 0.717) is 12.6 Å². The van der Waals surface area contributed by atoms with Crippen molar-refractivity contribution in [3.63, 3.8) is 0 Å². The Hall–Kier alpha value is -1.14. The number of likely N-dealkylation sites (N-methyl/N-ethyl adjacent to an activating group) is 1. The number of nitrogens with zero attached hydrogens (tertiary/aromatic N) is 3. The highest BCUT2D eigenvalue weighted by molar-refractivity contribution is 5.78. The van der Waals surface area contributed by atoms with Gasteiger partial charge < -0.3 is 10.0 Å². The van der Waals surface area contributed by atoms with Crippen LogP contribution >= 0.6 is 0 Å². The minimum absolute atomic E-state index is 0.0928. The Kier molecular flexibility index (Phi) is 6.84. The monoisotopic (exact) mass is 325 g/mol. The Morgan fingerprint density at radius 2 is 1.78 bits per heavy atom. The van der Waals surface area contributed by atoms with Crippen LogP contribution in [0.5, 0.6) is 0 Å². The van der Waals surface area contributed by atoms with Gasteiger partial charge >= 0.3 is 5.97 Å². The summed E-state index contributed by atoms with van der Waals surface area (Å²) >= 11 is 0. The Bertz CT molecular complexity index is 408. The van der Waals surface area contributed by atoms with Gasteiger partial charge in [0.2, 0.25) is 5.91 Å². The summed E-state index contributed by atoms with van der Waals surface area (Å²) in [6, 6.07) is 0.307. The third kappa shape index (κ3) is 5.77. The number of carbonyl (C=O) groups excluding carboxylic acids is 1. The molecule has 6 nitrogen and oxygen atoms in total. The van der Waals surface area contributed by atoms with Gasteiger partial charge in [0, 0.05) is 25.7 Å². The van der Waals surface area contributed by atoms with Crippen molar-refractivity contribution in [2.45, 2.75) is 45.1 Å². The number of hydrogen-bond donors (Lipinski definition) is 1. The zero-order chi connectivity index (χ0) is 16.8. The summed E-state index contributed by atoms with van der Waals surface area (Å²) in [4.78, 5) is 29.5. The molecule has 2 fully saturated rings. The molecule has 2 saturated heterocycles. The molecule has 0 aliphatic carbocycles. The third-order valence-corrected chi connectivity index (χ3v) is 5.29. The first-order valence-corrected chi connectivity index (χ1v) is 8.88. The number of carboxylic acids is 1. The molecule has 1 N–H and O–H groups in total. The number of likely N-dealkylation sites (tertiary alicyclic amines) is 2. The van der Waals surface area contributed by atoms with Crippen LogP contribution in [0.1, 0.15) is 39.0 Å². The van der Waals surface area contributed by atoms with Crippen molar-refractivity contribution < 1.29 is 14.7 Å². The second kappa shape index (κ2) is 8.64. The van der Waals surface area contributed by atoms with E-state index >= 15 is 0 Å². The lowest BCUT2D eigenvalue weighted by molar-refractivity contribution is -0.138. The van der Waals surface area contributed by atoms with Gasteiger partial charge in [-0.3, -0.25) is 19.4 Å². The van der Waals surface area contributed by atoms with Crippen LogP contribution < -0.4 is 0 Å². The Labute approximate surface area is 139 Å². The number of hydrogen-bond acceptors (Lipinski definition) is 4. The summed E-state index contributed by atoms with van der Waals surface area (Å²) in [6.45, 7) is 6.48. The molecule has 1 unspecified atom stereocenters. The molecule has 132 valence electrons. The van der Waals surface area contributed by atoms with E-state index in [2.05, 4.69) is 11.8 Å². The molecule has 2 aliphatic rings. The lowest BCUT2D eigenvalue weighted by Crippen LogP contribution is -2.44. The Morgan fingerprint density at radius 1 is 1.09 bits per heavy atom. The van der Waals surface area contributed by atoms with Gasteiger partial charge in [0.1, 0.15) is 0 Å². The fourth-order valence-electron chi connectivity index (χ4n) is 3.63. The van der Waals surface area contributed by atoms with E-state index in [4.69, 9.17) is 5.11 Å². The van der Waals surface area contributed by atoms with Crippen molar-refractivity contribution in [3.8, 4) is 0 Å². The van der Waals surface area contributed by atoms with Crippen LogP contribution in [0.15, 0.2) is 0 Å². The molecule has 0 aromatic carbocycles. The van der Waals surface area contributed by atoms with E-state index in [1.54, 1.807) is 0 Å². The molecule has 2 rings (SSSR count). The summed E-state index contributed by atoms with van der Waals surface area (Å²) in [7, 11) is 1.88. The number of rotatable bonds is 5. The molecule has 6 heteroatoms. The van der Waals surface area contributed by atoms with Crippen LogP contribution in [0.25, 0.3) is 0 Å². The highest BCUT2D eigenvalue weighted by Crippen LogP contribution is 2.18. The van der Waals surface area contributed by atoms with Crippen LogP contribution in [0.2, 0.25) is 0 Å². The smallest absolute Gasteiger partial charge is 0.317 e. The molecule has 1 atom stereocenters. The van der Waals surface area contributed by atoms with Gasteiger partial charge in [-0.2, -0.15) is 0 Å². The molecule has 0 spiro atoms. The highest BCUT2D eigenvalue weighted by Gasteiger charge is 2.25. The first-order valence-electron chi connectivity index (χ1n) is 8.88. The fraction of sp³-hybridized carbons (Fsp3) is 0.882. The largest absolute Gasteiger partial charge is 0.480 e. The van der Waals surface area contributed by atoms with E-state index in [0.717, 1.165) is 64.2 Å². The summed E-state index contributed by atoms with van der Waals surface area (Å²) in [5.74, 6) is 0.222. The molecule has 0 radical (unpaired) electrons. The van der Waals surface area contributed by atoms with Crippen molar-refractivity contribution in [2.24, 2.45) is 5.92 Å². The van der Waals surface area contributed by atoms with Gasteiger partial charge in [-0.15, -0.1) is 0 Å². The first kappa shape index (κ1) is 18.2. The molecule has 1 amide bonds. The molecule has 2 heterocycles. The summed E-state index contributed by atoms with van der Waals surface area (Å²) in [5, 5.41) is 8.92. The van der Waals surface area contributed by atoms with Crippen LogP contribution in [-0.2, 0) is 9.59 Å². The maximum Gasteiger partial charge on any atom is 0.317 e. The van der Waals surface area contributed by atoms with Gasteiger partial charge in [0.25, 0.3) is 0 Å². The van der Waals surface area contributed by atoms with Gasteiger partial charge in [-0.1, -0.05) is 6.92 Å². The van der Waals surface area contributed by atoms with Crippen molar-refractivity contribution in [2.75, 3.05) is 46.3 Å². The van der Waals surface area contributed by atoms with Crippen molar-refractivity contribution >= 4 is 11.9 Å². The van der Waals surface area contributed by atoms with Gasteiger partial charge in [0.15, 0.2) is 0 Å². The fourth-order valence-corrected chi connectivity index (χ4v) is 3.63. The van der Waals surface area contributed by atoms with Crippen LogP contribution in [-0.4, -0.2) is 84.0 Å². The Morgan fingerprint density at radius 3 is 2.43 bits per heavy atom. The predicted molar refractivity (Wildman–Crippen MR) is 89.3 cm³/mol. The van der Waals surface area contributed by atoms with Crippen molar-refractivity contribution in [1.82, 2.24) is 14.7 Å². The second-order valence-electron chi connectivity index (χ2n) is 7.23. The molecule has 2 aliphatic heterocycles. The molecule has 23 heavy (non-hydrogen) atoms. The van der Waals surface area contributed by atoms with E-state index < -0.39 is 5.97 Å². The van der Waals surface area contributed by atoms with Crippen LogP contribution in [0.4, 0.5) is 0 Å². The normalized spacial score (nSPS) is 24.7. The molecule has 0 aromatic rings. The zero-order valence-corrected chi connectivity index (χ0v) is 14.5. The van der Waals surface area contributed by atoms with Crippen LogP contribution in [0.3, 0.4) is 0 Å². The van der Waals surface area contributed by atoms with E-state index in [9.17, 15) is 9.59 Å². The average molecular weight is 325 g/mol. The lowest BCUT2D eigenvalue weighted by Gasteiger charge is -2.32. The quantitative estimate of drug-likeness (QED) is 0.820. The predicted octanol–water partition coefficient (Wildman–Crippen LogP) is 1.12. The SMILES string of the molecule is CC1CCN(C(=O)CN2CCCC(N(C)CC(=O)O)CC2)CC1. The zero-order valence-electron chi connectivity index (χ0n) is 14.5. The molecule has 0 aromatic heterocycles. The van der Waals surface area contributed by atoms with Gasteiger partial charge in [0.05, 0.1) is 13.1 Å². The standard InChI is InChI=1S/C17H31N3O3/c1-14-5-10-20(11-6-14)16(21)12-19-8-3-4-15(7-9-19)18(2)13-17(22)23/h14-15H,3-13H2,1-2H3,(H,22,23). The van der Waals surface area contributed by atoms with E-state index in [-0.39, 0.29) is 12.5 Å². The topological polar surface area (TPSA) is 64.1 Å². The minimum atomic E-state index is -0.775. The van der Waals surface area contributed by atoms with Gasteiger partial charge in [-0.05, 0) is 51.6 Å². The maximum atomic E-state index is 12.4. The van der Waals surface area contributed by atoms with E-state index in [1.165, 1.54) is 0 Å². The van der Waals surface area contributed by atoms with Crippen molar-refractivity contribution in [1.29, 1.82) is 0 Å². The number of amides is 1. The highest BCUT2D eigenvalue weighted by atomic mass is 16.4. The number of aliphatic carboxylic acids is 1. The third-order valence-electron chi connectivity index (χ3n) is 5.29. The number of carbonyl (C=O) groups is 2. The van der Waals surface area contributed by atoms with E-state index in [1.807, 2.05) is 16.8 Å². The minimum Gasteiger partial charge on any atom is -0.480 e. The Balaban J connectivity index is 1.77. The van der Waals surface area contributed by atoms with Crippen LogP contribution in [0, 0.1) is 5.92 Å². The number of carboxylic acid groups (broad SMARTS) is 1. The number of piperidine rings is 1. The second-order valence-corrected chi connectivity index (χ2v) is 7.23. The average Bonchev–Trinajstić information content (AvgIpc) is 2.73. The van der Waals surface area contributed by atoms with Gasteiger partial charge in [-0.25, -0.2) is 0 Å². The summed E-state index contributed by atoms with van der Waals surface area (Å²) in [5.41, 5.74) is 0.